The van der Waals surface area contributed by atoms with E-state index in [1.165, 1.54) is 18.4 Å². The highest BCUT2D eigenvalue weighted by atomic mass is 35.5. The highest BCUT2D eigenvalue weighted by Crippen LogP contribution is 2.52. The first kappa shape index (κ1) is 8.75. The van der Waals surface area contributed by atoms with E-state index >= 15 is 0 Å². The third-order valence-corrected chi connectivity index (χ3v) is 3.80. The first-order valence-corrected chi connectivity index (χ1v) is 5.59. The molecule has 74 valence electrons. The van der Waals surface area contributed by atoms with Gasteiger partial charge in [-0.25, -0.2) is 0 Å². The number of aliphatic hydroxyl groups is 1. The smallest absolute Gasteiger partial charge is 0.0930 e. The Bertz CT molecular complexity index is 384. The number of aryl methyl sites for hydroxylation is 1. The van der Waals surface area contributed by atoms with Gasteiger partial charge in [-0.05, 0) is 54.9 Å². The van der Waals surface area contributed by atoms with Crippen molar-refractivity contribution in [2.24, 2.45) is 5.92 Å². The number of hydrogen-bond acceptors (Lipinski definition) is 1. The molecule has 0 bridgehead atoms. The Morgan fingerprint density at radius 2 is 2.14 bits per heavy atom. The molecule has 2 aliphatic carbocycles. The monoisotopic (exact) mass is 208 g/mol. The topological polar surface area (TPSA) is 20.2 Å². The highest BCUT2D eigenvalue weighted by Gasteiger charge is 2.48. The van der Waals surface area contributed by atoms with E-state index in [1.54, 1.807) is 0 Å². The van der Waals surface area contributed by atoms with E-state index in [-0.39, 0.29) is 0 Å². The summed E-state index contributed by atoms with van der Waals surface area (Å²) in [7, 11) is 0. The van der Waals surface area contributed by atoms with Gasteiger partial charge in [0.25, 0.3) is 0 Å². The molecule has 3 rings (SSSR count). The second-order valence-corrected chi connectivity index (χ2v) is 4.94. The summed E-state index contributed by atoms with van der Waals surface area (Å²) in [6.07, 6.45) is 4.22. The van der Waals surface area contributed by atoms with Crippen LogP contribution in [0.5, 0.6) is 0 Å². The summed E-state index contributed by atoms with van der Waals surface area (Å²) in [5.74, 6) is 0.488. The van der Waals surface area contributed by atoms with Crippen molar-refractivity contribution in [3.8, 4) is 0 Å². The minimum atomic E-state index is -0.555. The lowest BCUT2D eigenvalue weighted by molar-refractivity contribution is 0.0150. The molecule has 1 saturated carbocycles. The summed E-state index contributed by atoms with van der Waals surface area (Å²) in [6.45, 7) is 0. The number of halogens is 1. The zero-order chi connectivity index (χ0) is 9.76. The average Bonchev–Trinajstić information content (AvgIpc) is 2.95. The van der Waals surface area contributed by atoms with E-state index < -0.39 is 5.60 Å². The lowest BCUT2D eigenvalue weighted by Crippen LogP contribution is -2.24. The van der Waals surface area contributed by atoms with Crippen molar-refractivity contribution < 1.29 is 5.11 Å². The van der Waals surface area contributed by atoms with Gasteiger partial charge in [0.2, 0.25) is 0 Å². The molecule has 0 aromatic heterocycles. The number of rotatable bonds is 1. The zero-order valence-corrected chi connectivity index (χ0v) is 8.72. The average molecular weight is 209 g/mol. The summed E-state index contributed by atoms with van der Waals surface area (Å²) < 4.78 is 0. The van der Waals surface area contributed by atoms with Gasteiger partial charge in [-0.1, -0.05) is 17.7 Å². The molecule has 1 atom stereocenters. The third-order valence-electron chi connectivity index (χ3n) is 3.57. The summed E-state index contributed by atoms with van der Waals surface area (Å²) >= 11 is 5.96. The lowest BCUT2D eigenvalue weighted by atomic mass is 9.91. The van der Waals surface area contributed by atoms with Crippen molar-refractivity contribution in [1.82, 2.24) is 0 Å². The van der Waals surface area contributed by atoms with Crippen molar-refractivity contribution in [2.75, 3.05) is 0 Å². The molecule has 0 heterocycles. The highest BCUT2D eigenvalue weighted by molar-refractivity contribution is 6.30. The molecule has 2 aliphatic rings. The number of benzene rings is 1. The molecule has 14 heavy (non-hydrogen) atoms. The molecule has 1 aromatic carbocycles. The van der Waals surface area contributed by atoms with E-state index in [9.17, 15) is 5.11 Å². The summed E-state index contributed by atoms with van der Waals surface area (Å²) in [6, 6.07) is 5.92. The van der Waals surface area contributed by atoms with Gasteiger partial charge in [0.15, 0.2) is 0 Å². The molecule has 1 nitrogen and oxygen atoms in total. The summed E-state index contributed by atoms with van der Waals surface area (Å²) in [5.41, 5.74) is 1.82. The molecule has 0 radical (unpaired) electrons. The minimum Gasteiger partial charge on any atom is -0.385 e. The maximum absolute atomic E-state index is 10.5. The first-order valence-electron chi connectivity index (χ1n) is 5.21. The molecule has 0 aliphatic heterocycles. The molecule has 1 aromatic rings. The van der Waals surface area contributed by atoms with Crippen molar-refractivity contribution in [3.63, 3.8) is 0 Å². The summed E-state index contributed by atoms with van der Waals surface area (Å²) in [4.78, 5) is 0. The van der Waals surface area contributed by atoms with Crippen LogP contribution in [0.15, 0.2) is 18.2 Å². The molecule has 1 unspecified atom stereocenters. The molecule has 2 heteroatoms. The van der Waals surface area contributed by atoms with Crippen LogP contribution in [0.1, 0.15) is 30.4 Å². The van der Waals surface area contributed by atoms with Crippen LogP contribution in [-0.2, 0) is 12.0 Å². The number of fused-ring (bicyclic) bond motifs is 1. The van der Waals surface area contributed by atoms with Crippen LogP contribution in [0.25, 0.3) is 0 Å². The standard InChI is InChI=1S/C12H13ClO/c13-10-4-1-8-5-6-12(14,9-2-3-9)11(8)7-10/h1,4,7,9,14H,2-3,5-6H2. The Balaban J connectivity index is 2.11. The van der Waals surface area contributed by atoms with Crippen LogP contribution >= 0.6 is 11.6 Å². The van der Waals surface area contributed by atoms with E-state index in [1.807, 2.05) is 12.1 Å². The maximum atomic E-state index is 10.5. The molecule has 0 spiro atoms. The van der Waals surface area contributed by atoms with Gasteiger partial charge >= 0.3 is 0 Å². The largest absolute Gasteiger partial charge is 0.385 e. The van der Waals surface area contributed by atoms with Crippen LogP contribution in [0, 0.1) is 5.92 Å². The van der Waals surface area contributed by atoms with Gasteiger partial charge < -0.3 is 5.11 Å². The maximum Gasteiger partial charge on any atom is 0.0930 e. The normalized spacial score (nSPS) is 30.4. The zero-order valence-electron chi connectivity index (χ0n) is 7.96. The SMILES string of the molecule is OC1(C2CC2)CCc2ccc(Cl)cc21. The Morgan fingerprint density at radius 1 is 1.36 bits per heavy atom. The fourth-order valence-electron chi connectivity index (χ4n) is 2.61. The minimum absolute atomic E-state index is 0.488. The molecule has 0 saturated heterocycles. The predicted molar refractivity (Wildman–Crippen MR) is 56.4 cm³/mol. The fourth-order valence-corrected chi connectivity index (χ4v) is 2.79. The van der Waals surface area contributed by atoms with Gasteiger partial charge in [-0.15, -0.1) is 0 Å². The number of hydrogen-bond donors (Lipinski definition) is 1. The van der Waals surface area contributed by atoms with Crippen molar-refractivity contribution >= 4 is 11.6 Å². The van der Waals surface area contributed by atoms with Gasteiger partial charge in [0.05, 0.1) is 5.60 Å². The Morgan fingerprint density at radius 3 is 2.86 bits per heavy atom. The van der Waals surface area contributed by atoms with E-state index in [2.05, 4.69) is 6.07 Å². The van der Waals surface area contributed by atoms with E-state index in [0.29, 0.717) is 5.92 Å². The van der Waals surface area contributed by atoms with Crippen LogP contribution in [0.2, 0.25) is 5.02 Å². The summed E-state index contributed by atoms with van der Waals surface area (Å²) in [5, 5.41) is 11.3. The van der Waals surface area contributed by atoms with Crippen molar-refractivity contribution in [3.05, 3.63) is 34.3 Å². The Labute approximate surface area is 88.7 Å². The van der Waals surface area contributed by atoms with Crippen LogP contribution < -0.4 is 0 Å². The molecular weight excluding hydrogens is 196 g/mol. The molecule has 0 amide bonds. The third kappa shape index (κ3) is 1.12. The quantitative estimate of drug-likeness (QED) is 0.753. The second kappa shape index (κ2) is 2.74. The molecule has 1 N–H and O–H groups in total. The second-order valence-electron chi connectivity index (χ2n) is 4.50. The van der Waals surface area contributed by atoms with Crippen molar-refractivity contribution in [1.29, 1.82) is 0 Å². The van der Waals surface area contributed by atoms with Gasteiger partial charge in [-0.2, -0.15) is 0 Å². The van der Waals surface area contributed by atoms with Crippen LogP contribution in [0.4, 0.5) is 0 Å². The Kier molecular flexibility index (Phi) is 1.71. The van der Waals surface area contributed by atoms with Gasteiger partial charge in [-0.3, -0.25) is 0 Å². The fraction of sp³-hybridized carbons (Fsp3) is 0.500. The molecule has 1 fully saturated rings. The first-order chi connectivity index (χ1) is 6.70. The van der Waals surface area contributed by atoms with Gasteiger partial charge in [0.1, 0.15) is 0 Å². The lowest BCUT2D eigenvalue weighted by Gasteiger charge is -2.23. The van der Waals surface area contributed by atoms with E-state index in [0.717, 1.165) is 23.4 Å². The van der Waals surface area contributed by atoms with Crippen LogP contribution in [0.3, 0.4) is 0 Å². The molecular formula is C12H13ClO. The van der Waals surface area contributed by atoms with Crippen LogP contribution in [-0.4, -0.2) is 5.11 Å². The van der Waals surface area contributed by atoms with Gasteiger partial charge in [0, 0.05) is 5.02 Å². The van der Waals surface area contributed by atoms with Crippen molar-refractivity contribution in [2.45, 2.75) is 31.3 Å². The van der Waals surface area contributed by atoms with E-state index in [4.69, 9.17) is 11.6 Å². The predicted octanol–water partition coefficient (Wildman–Crippen LogP) is 2.88. The Hall–Kier alpha value is -0.530.